The van der Waals surface area contributed by atoms with E-state index in [2.05, 4.69) is 55.6 Å². The van der Waals surface area contributed by atoms with Crippen LogP contribution in [0.1, 0.15) is 367 Å². The maximum atomic E-state index is 12.5. The Morgan fingerprint density at radius 3 is 1.01 bits per heavy atom. The Kier molecular flexibility index (Phi) is 64.5. The van der Waals surface area contributed by atoms with Gasteiger partial charge in [-0.25, -0.2) is 0 Å². The molecule has 0 saturated carbocycles. The predicted octanol–water partition coefficient (Wildman–Crippen LogP) is 22.1. The zero-order chi connectivity index (χ0) is 55.7. The van der Waals surface area contributed by atoms with Crippen molar-refractivity contribution in [1.82, 2.24) is 5.32 Å². The minimum Gasteiger partial charge on any atom is -0.466 e. The van der Waals surface area contributed by atoms with E-state index in [0.717, 1.165) is 51.4 Å². The molecule has 0 spiro atoms. The highest BCUT2D eigenvalue weighted by molar-refractivity contribution is 5.76. The molecule has 0 aromatic heterocycles. The summed E-state index contributed by atoms with van der Waals surface area (Å²) in [5.74, 6) is -0.0622. The summed E-state index contributed by atoms with van der Waals surface area (Å²) in [4.78, 5) is 24.5. The van der Waals surface area contributed by atoms with Gasteiger partial charge in [-0.15, -0.1) is 0 Å². The number of carbonyl (C=O) groups is 2. The van der Waals surface area contributed by atoms with Crippen LogP contribution in [0, 0.1) is 0 Å². The van der Waals surface area contributed by atoms with Gasteiger partial charge >= 0.3 is 5.97 Å². The van der Waals surface area contributed by atoms with Crippen LogP contribution in [0.5, 0.6) is 0 Å². The maximum Gasteiger partial charge on any atom is 0.305 e. The number of hydrogen-bond donors (Lipinski definition) is 3. The highest BCUT2D eigenvalue weighted by atomic mass is 16.5. The molecule has 1 amide bonds. The lowest BCUT2D eigenvalue weighted by Crippen LogP contribution is -2.45. The summed E-state index contributed by atoms with van der Waals surface area (Å²) in [5, 5.41) is 23.1. The van der Waals surface area contributed by atoms with E-state index in [9.17, 15) is 19.8 Å². The molecule has 0 saturated heterocycles. The summed E-state index contributed by atoms with van der Waals surface area (Å²) in [7, 11) is 0. The van der Waals surface area contributed by atoms with Crippen LogP contribution in [0.15, 0.2) is 48.6 Å². The van der Waals surface area contributed by atoms with Crippen LogP contribution >= 0.6 is 0 Å². The summed E-state index contributed by atoms with van der Waals surface area (Å²) in [6.45, 7) is 4.90. The Balaban J connectivity index is 3.38. The SMILES string of the molecule is CCCCCC/C=C\C/C=C\CCCCCCCC(=O)OCCCCCCCCCCCCCC/C=C\CCCCCCCCCCCCCCCCC(=O)NC(CO)C(O)/C=C/CCCCCCCCCCCCCC. The first-order valence-corrected chi connectivity index (χ1v) is 34.4. The van der Waals surface area contributed by atoms with Crippen LogP contribution < -0.4 is 5.32 Å². The van der Waals surface area contributed by atoms with Crippen LogP contribution in [0.25, 0.3) is 0 Å². The molecule has 0 fully saturated rings. The standard InChI is InChI=1S/C71H133NO5/c1-3-5-7-9-11-13-15-17-19-37-41-45-49-53-57-61-65-71(76)77-66-62-58-54-50-46-42-38-35-33-31-29-27-25-23-21-20-22-24-26-28-30-32-34-36-40-44-48-52-56-60-64-70(75)72-68(67-73)69(74)63-59-55-51-47-43-39-18-16-14-12-10-8-6-4-2/h13,15,19,21,23,37,59,63,68-69,73-74H,3-12,14,16-18,20,22,24-36,38-58,60-62,64-67H2,1-2H3,(H,72,75)/b15-13-,23-21-,37-19-,63-59+. The first kappa shape index (κ1) is 74.8. The van der Waals surface area contributed by atoms with Gasteiger partial charge in [-0.05, 0) is 89.9 Å². The second-order valence-corrected chi connectivity index (χ2v) is 23.5. The number of rotatable bonds is 64. The van der Waals surface area contributed by atoms with Gasteiger partial charge in [0.25, 0.3) is 0 Å². The Bertz CT molecular complexity index is 1290. The molecular weight excluding hydrogens is 947 g/mol. The zero-order valence-corrected chi connectivity index (χ0v) is 51.7. The number of nitrogens with one attached hydrogen (secondary N) is 1. The van der Waals surface area contributed by atoms with Crippen molar-refractivity contribution < 1.29 is 24.5 Å². The molecule has 2 atom stereocenters. The zero-order valence-electron chi connectivity index (χ0n) is 51.7. The van der Waals surface area contributed by atoms with E-state index in [1.807, 2.05) is 6.08 Å². The van der Waals surface area contributed by atoms with Crippen molar-refractivity contribution in [3.63, 3.8) is 0 Å². The first-order valence-electron chi connectivity index (χ1n) is 34.4. The molecule has 0 aromatic carbocycles. The largest absolute Gasteiger partial charge is 0.466 e. The molecular formula is C71H133NO5. The van der Waals surface area contributed by atoms with Gasteiger partial charge in [-0.1, -0.05) is 313 Å². The van der Waals surface area contributed by atoms with Gasteiger partial charge in [0.2, 0.25) is 5.91 Å². The molecule has 0 bridgehead atoms. The first-order chi connectivity index (χ1) is 38.0. The Labute approximate surface area is 480 Å². The molecule has 0 radical (unpaired) electrons. The van der Waals surface area contributed by atoms with Crippen molar-refractivity contribution >= 4 is 11.9 Å². The summed E-state index contributed by atoms with van der Waals surface area (Å²) in [6, 6.07) is -0.627. The molecule has 2 unspecified atom stereocenters. The lowest BCUT2D eigenvalue weighted by molar-refractivity contribution is -0.143. The number of ether oxygens (including phenoxy) is 1. The molecule has 0 aliphatic heterocycles. The number of aliphatic hydroxyl groups excluding tert-OH is 2. The van der Waals surface area contributed by atoms with Crippen molar-refractivity contribution in [3.8, 4) is 0 Å². The molecule has 452 valence electrons. The van der Waals surface area contributed by atoms with Gasteiger partial charge in [0.15, 0.2) is 0 Å². The van der Waals surface area contributed by atoms with E-state index in [-0.39, 0.29) is 18.5 Å². The Hall–Kier alpha value is -2.18. The molecule has 0 aliphatic carbocycles. The number of hydrogen-bond acceptors (Lipinski definition) is 5. The lowest BCUT2D eigenvalue weighted by Gasteiger charge is -2.20. The number of aliphatic hydroxyl groups is 2. The van der Waals surface area contributed by atoms with Crippen molar-refractivity contribution in [2.24, 2.45) is 0 Å². The molecule has 6 heteroatoms. The predicted molar refractivity (Wildman–Crippen MR) is 338 cm³/mol. The molecule has 0 heterocycles. The molecule has 6 nitrogen and oxygen atoms in total. The summed E-state index contributed by atoms with van der Waals surface area (Å²) in [5.41, 5.74) is 0. The highest BCUT2D eigenvalue weighted by Gasteiger charge is 2.18. The minimum absolute atomic E-state index is 0.00327. The number of esters is 1. The fourth-order valence-electron chi connectivity index (χ4n) is 10.5. The molecule has 0 rings (SSSR count). The van der Waals surface area contributed by atoms with Crippen LogP contribution in [-0.2, 0) is 14.3 Å². The van der Waals surface area contributed by atoms with Gasteiger partial charge < -0.3 is 20.3 Å². The van der Waals surface area contributed by atoms with Crippen LogP contribution in [0.3, 0.4) is 0 Å². The average molecular weight is 1080 g/mol. The minimum atomic E-state index is -0.843. The second-order valence-electron chi connectivity index (χ2n) is 23.5. The average Bonchev–Trinajstić information content (AvgIpc) is 3.43. The number of carbonyl (C=O) groups excluding carboxylic acids is 2. The summed E-state index contributed by atoms with van der Waals surface area (Å²) in [6.07, 6.45) is 86.1. The van der Waals surface area contributed by atoms with E-state index in [4.69, 9.17) is 4.74 Å². The molecule has 0 aliphatic rings. The van der Waals surface area contributed by atoms with Crippen molar-refractivity contribution in [2.75, 3.05) is 13.2 Å². The molecule has 0 aromatic rings. The second kappa shape index (κ2) is 66.3. The van der Waals surface area contributed by atoms with Gasteiger partial charge in [-0.2, -0.15) is 0 Å². The fourth-order valence-corrected chi connectivity index (χ4v) is 10.5. The fraction of sp³-hybridized carbons (Fsp3) is 0.859. The topological polar surface area (TPSA) is 95.9 Å². The lowest BCUT2D eigenvalue weighted by atomic mass is 10.0. The van der Waals surface area contributed by atoms with Gasteiger partial charge in [-0.3, -0.25) is 9.59 Å². The smallest absolute Gasteiger partial charge is 0.305 e. The van der Waals surface area contributed by atoms with E-state index in [0.29, 0.717) is 19.4 Å². The van der Waals surface area contributed by atoms with Crippen molar-refractivity contribution in [1.29, 1.82) is 0 Å². The highest BCUT2D eigenvalue weighted by Crippen LogP contribution is 2.18. The van der Waals surface area contributed by atoms with Crippen LogP contribution in [0.4, 0.5) is 0 Å². The Morgan fingerprint density at radius 1 is 0.364 bits per heavy atom. The maximum absolute atomic E-state index is 12.5. The number of unbranched alkanes of at least 4 members (excludes halogenated alkanes) is 47. The number of allylic oxidation sites excluding steroid dienone is 7. The third-order valence-corrected chi connectivity index (χ3v) is 15.8. The van der Waals surface area contributed by atoms with E-state index in [1.54, 1.807) is 6.08 Å². The van der Waals surface area contributed by atoms with E-state index >= 15 is 0 Å². The monoisotopic (exact) mass is 1080 g/mol. The Morgan fingerprint density at radius 2 is 0.649 bits per heavy atom. The molecule has 77 heavy (non-hydrogen) atoms. The van der Waals surface area contributed by atoms with Gasteiger partial charge in [0, 0.05) is 12.8 Å². The van der Waals surface area contributed by atoms with Gasteiger partial charge in [0.1, 0.15) is 0 Å². The summed E-state index contributed by atoms with van der Waals surface area (Å²) >= 11 is 0. The third kappa shape index (κ3) is 62.9. The molecule has 3 N–H and O–H groups in total. The third-order valence-electron chi connectivity index (χ3n) is 15.8. The van der Waals surface area contributed by atoms with Crippen molar-refractivity contribution in [2.45, 2.75) is 379 Å². The van der Waals surface area contributed by atoms with Gasteiger partial charge in [0.05, 0.1) is 25.4 Å². The van der Waals surface area contributed by atoms with Crippen LogP contribution in [0.2, 0.25) is 0 Å². The van der Waals surface area contributed by atoms with E-state index in [1.165, 1.54) is 289 Å². The number of amides is 1. The van der Waals surface area contributed by atoms with Crippen molar-refractivity contribution in [3.05, 3.63) is 48.6 Å². The van der Waals surface area contributed by atoms with E-state index < -0.39 is 12.1 Å². The normalized spacial score (nSPS) is 12.8. The quantitative estimate of drug-likeness (QED) is 0.0320. The summed E-state index contributed by atoms with van der Waals surface area (Å²) < 4.78 is 5.49. The van der Waals surface area contributed by atoms with Crippen LogP contribution in [-0.4, -0.2) is 47.4 Å².